The third-order valence-electron chi connectivity index (χ3n) is 4.37. The van der Waals surface area contributed by atoms with Gasteiger partial charge < -0.3 is 19.5 Å². The highest BCUT2D eigenvalue weighted by Crippen LogP contribution is 2.22. The highest BCUT2D eigenvalue weighted by Gasteiger charge is 2.28. The molecule has 7 nitrogen and oxygen atoms in total. The van der Waals surface area contributed by atoms with E-state index in [2.05, 4.69) is 10.5 Å². The van der Waals surface area contributed by atoms with Crippen LogP contribution >= 0.6 is 0 Å². The zero-order chi connectivity index (χ0) is 17.8. The van der Waals surface area contributed by atoms with Crippen molar-refractivity contribution in [2.24, 2.45) is 5.92 Å². The van der Waals surface area contributed by atoms with Gasteiger partial charge in [-0.1, -0.05) is 5.16 Å². The summed E-state index contributed by atoms with van der Waals surface area (Å²) in [4.78, 5) is 26.6. The first-order valence-electron chi connectivity index (χ1n) is 8.24. The summed E-state index contributed by atoms with van der Waals surface area (Å²) < 4.78 is 10.0. The number of ether oxygens (including phenoxy) is 1. The van der Waals surface area contributed by atoms with E-state index in [1.807, 2.05) is 0 Å². The Morgan fingerprint density at radius 1 is 1.24 bits per heavy atom. The summed E-state index contributed by atoms with van der Waals surface area (Å²) >= 11 is 0. The number of nitrogens with zero attached hydrogens (tertiary/aromatic N) is 2. The fourth-order valence-corrected chi connectivity index (χ4v) is 2.91. The van der Waals surface area contributed by atoms with Gasteiger partial charge in [-0.15, -0.1) is 0 Å². The number of hydrogen-bond donors (Lipinski definition) is 1. The van der Waals surface area contributed by atoms with E-state index < -0.39 is 0 Å². The van der Waals surface area contributed by atoms with E-state index in [9.17, 15) is 9.59 Å². The molecule has 1 aliphatic heterocycles. The van der Waals surface area contributed by atoms with Gasteiger partial charge in [0, 0.05) is 30.6 Å². The van der Waals surface area contributed by atoms with Gasteiger partial charge in [-0.3, -0.25) is 9.59 Å². The first kappa shape index (κ1) is 17.0. The maximum Gasteiger partial charge on any atom is 0.253 e. The molecule has 1 saturated heterocycles. The fourth-order valence-electron chi connectivity index (χ4n) is 2.91. The fraction of sp³-hybridized carbons (Fsp3) is 0.389. The summed E-state index contributed by atoms with van der Waals surface area (Å²) in [5.74, 6) is 1.57. The summed E-state index contributed by atoms with van der Waals surface area (Å²) in [6, 6.07) is 8.74. The minimum atomic E-state index is -0.128. The van der Waals surface area contributed by atoms with E-state index in [4.69, 9.17) is 9.26 Å². The number of benzene rings is 1. The molecule has 1 aromatic heterocycles. The van der Waals surface area contributed by atoms with E-state index in [1.54, 1.807) is 49.3 Å². The van der Waals surface area contributed by atoms with Gasteiger partial charge >= 0.3 is 0 Å². The number of aromatic nitrogens is 1. The van der Waals surface area contributed by atoms with E-state index in [1.165, 1.54) is 0 Å². The van der Waals surface area contributed by atoms with E-state index in [0.717, 1.165) is 5.75 Å². The summed E-state index contributed by atoms with van der Waals surface area (Å²) in [5.41, 5.74) is 0.627. The molecule has 7 heteroatoms. The van der Waals surface area contributed by atoms with Crippen LogP contribution in [-0.2, 0) is 4.79 Å². The Bertz CT molecular complexity index is 746. The number of amides is 2. The molecule has 2 amide bonds. The van der Waals surface area contributed by atoms with Crippen molar-refractivity contribution in [3.8, 4) is 5.75 Å². The molecule has 0 spiro atoms. The molecule has 2 heterocycles. The maximum atomic E-state index is 12.5. The van der Waals surface area contributed by atoms with Crippen molar-refractivity contribution in [2.45, 2.75) is 19.8 Å². The van der Waals surface area contributed by atoms with Gasteiger partial charge in [0.2, 0.25) is 5.91 Å². The smallest absolute Gasteiger partial charge is 0.253 e. The maximum absolute atomic E-state index is 12.5. The summed E-state index contributed by atoms with van der Waals surface area (Å²) in [5, 5.41) is 6.53. The van der Waals surface area contributed by atoms with Crippen LogP contribution in [0.3, 0.4) is 0 Å². The second-order valence-corrected chi connectivity index (χ2v) is 6.11. The average molecular weight is 343 g/mol. The molecule has 3 rings (SSSR count). The molecule has 25 heavy (non-hydrogen) atoms. The predicted octanol–water partition coefficient (Wildman–Crippen LogP) is 2.48. The van der Waals surface area contributed by atoms with Crippen molar-refractivity contribution in [3.05, 3.63) is 41.7 Å². The quantitative estimate of drug-likeness (QED) is 0.922. The van der Waals surface area contributed by atoms with Crippen LogP contribution in [-0.4, -0.2) is 42.1 Å². The Labute approximate surface area is 145 Å². The monoisotopic (exact) mass is 343 g/mol. The molecule has 0 aliphatic carbocycles. The van der Waals surface area contributed by atoms with Crippen molar-refractivity contribution in [1.82, 2.24) is 10.1 Å². The zero-order valence-electron chi connectivity index (χ0n) is 14.3. The number of carbonyl (C=O) groups excluding carboxylic acids is 2. The van der Waals surface area contributed by atoms with Crippen molar-refractivity contribution in [1.29, 1.82) is 0 Å². The lowest BCUT2D eigenvalue weighted by molar-refractivity contribution is -0.121. The SMILES string of the molecule is COc1ccc(C(=O)N2CCC(C(=O)Nc3cc(C)on3)CC2)cc1. The van der Waals surface area contributed by atoms with Crippen LogP contribution < -0.4 is 10.1 Å². The number of methoxy groups -OCH3 is 1. The molecular weight excluding hydrogens is 322 g/mol. The van der Waals surface area contributed by atoms with Gasteiger partial charge in [0.25, 0.3) is 5.91 Å². The third kappa shape index (κ3) is 3.99. The minimum Gasteiger partial charge on any atom is -0.497 e. The highest BCUT2D eigenvalue weighted by molar-refractivity contribution is 5.95. The summed E-state index contributed by atoms with van der Waals surface area (Å²) in [7, 11) is 1.59. The van der Waals surface area contributed by atoms with Gasteiger partial charge in [0.15, 0.2) is 5.82 Å². The van der Waals surface area contributed by atoms with Gasteiger partial charge in [-0.2, -0.15) is 0 Å². The molecule has 0 radical (unpaired) electrons. The topological polar surface area (TPSA) is 84.7 Å². The number of aryl methyl sites for hydroxylation is 1. The van der Waals surface area contributed by atoms with Gasteiger partial charge in [-0.05, 0) is 44.0 Å². The van der Waals surface area contributed by atoms with Crippen molar-refractivity contribution >= 4 is 17.6 Å². The van der Waals surface area contributed by atoms with Crippen LogP contribution in [0, 0.1) is 12.8 Å². The largest absolute Gasteiger partial charge is 0.497 e. The number of rotatable bonds is 4. The van der Waals surface area contributed by atoms with Crippen LogP contribution in [0.5, 0.6) is 5.75 Å². The van der Waals surface area contributed by atoms with Crippen LogP contribution in [0.4, 0.5) is 5.82 Å². The Hall–Kier alpha value is -2.83. The Morgan fingerprint density at radius 3 is 2.48 bits per heavy atom. The van der Waals surface area contributed by atoms with E-state index >= 15 is 0 Å². The third-order valence-corrected chi connectivity index (χ3v) is 4.37. The number of nitrogens with one attached hydrogen (secondary N) is 1. The lowest BCUT2D eigenvalue weighted by Gasteiger charge is -2.31. The lowest BCUT2D eigenvalue weighted by Crippen LogP contribution is -2.41. The van der Waals surface area contributed by atoms with Gasteiger partial charge in [-0.25, -0.2) is 0 Å². The molecule has 0 saturated carbocycles. The molecule has 1 aromatic carbocycles. The molecule has 0 unspecified atom stereocenters. The minimum absolute atomic E-state index is 0.0198. The Morgan fingerprint density at radius 2 is 1.92 bits per heavy atom. The van der Waals surface area contributed by atoms with Crippen LogP contribution in [0.2, 0.25) is 0 Å². The van der Waals surface area contributed by atoms with E-state index in [0.29, 0.717) is 43.1 Å². The number of anilines is 1. The molecule has 0 bridgehead atoms. The Kier molecular flexibility index (Phi) is 5.02. The average Bonchev–Trinajstić information content (AvgIpc) is 3.06. The number of carbonyl (C=O) groups is 2. The van der Waals surface area contributed by atoms with Gasteiger partial charge in [0.1, 0.15) is 11.5 Å². The van der Waals surface area contributed by atoms with Crippen molar-refractivity contribution < 1.29 is 18.8 Å². The summed E-state index contributed by atoms with van der Waals surface area (Å²) in [6.45, 7) is 2.88. The van der Waals surface area contributed by atoms with Crippen LogP contribution in [0.1, 0.15) is 29.0 Å². The second kappa shape index (κ2) is 7.38. The Balaban J connectivity index is 1.53. The number of piperidine rings is 1. The first-order chi connectivity index (χ1) is 12.1. The van der Waals surface area contributed by atoms with Gasteiger partial charge in [0.05, 0.1) is 7.11 Å². The summed E-state index contributed by atoms with van der Waals surface area (Å²) in [6.07, 6.45) is 1.26. The zero-order valence-corrected chi connectivity index (χ0v) is 14.3. The molecule has 2 aromatic rings. The standard InChI is InChI=1S/C18H21N3O4/c1-12-11-16(20-25-12)19-17(22)13-7-9-21(10-8-13)18(23)14-3-5-15(24-2)6-4-14/h3-6,11,13H,7-10H2,1-2H3,(H,19,20,22). The van der Waals surface area contributed by atoms with Crippen LogP contribution in [0.15, 0.2) is 34.9 Å². The number of hydrogen-bond acceptors (Lipinski definition) is 5. The van der Waals surface area contributed by atoms with Crippen molar-refractivity contribution in [3.63, 3.8) is 0 Å². The molecule has 1 fully saturated rings. The van der Waals surface area contributed by atoms with E-state index in [-0.39, 0.29) is 17.7 Å². The lowest BCUT2D eigenvalue weighted by atomic mass is 9.95. The number of likely N-dealkylation sites (tertiary alicyclic amines) is 1. The normalized spacial score (nSPS) is 15.0. The highest BCUT2D eigenvalue weighted by atomic mass is 16.5. The molecule has 1 N–H and O–H groups in total. The molecule has 0 atom stereocenters. The molecule has 132 valence electrons. The van der Waals surface area contributed by atoms with Crippen molar-refractivity contribution in [2.75, 3.05) is 25.5 Å². The molecule has 1 aliphatic rings. The second-order valence-electron chi connectivity index (χ2n) is 6.11. The molecular formula is C18H21N3O4. The van der Waals surface area contributed by atoms with Crippen LogP contribution in [0.25, 0.3) is 0 Å². The predicted molar refractivity (Wildman–Crippen MR) is 91.5 cm³/mol. The first-order valence-corrected chi connectivity index (χ1v) is 8.24.